The molecule has 0 radical (unpaired) electrons. The van der Waals surface area contributed by atoms with Crippen molar-refractivity contribution in [1.82, 2.24) is 24.5 Å². The van der Waals surface area contributed by atoms with Crippen LogP contribution in [0.4, 0.5) is 10.1 Å². The molecule has 0 fully saturated rings. The Hall–Kier alpha value is -4.81. The number of fused-ring (bicyclic) bond motifs is 1. The molecule has 36 heavy (non-hydrogen) atoms. The molecule has 2 aromatic heterocycles. The third-order valence-corrected chi connectivity index (χ3v) is 5.32. The van der Waals surface area contributed by atoms with Crippen LogP contribution >= 0.6 is 0 Å². The second-order valence-corrected chi connectivity index (χ2v) is 7.80. The number of aryl methyl sites for hydroxylation is 1. The summed E-state index contributed by atoms with van der Waals surface area (Å²) < 4.78 is 31.2. The van der Waals surface area contributed by atoms with Crippen molar-refractivity contribution in [2.24, 2.45) is 7.05 Å². The molecule has 0 saturated heterocycles. The van der Waals surface area contributed by atoms with Crippen LogP contribution in [0.3, 0.4) is 0 Å². The lowest BCUT2D eigenvalue weighted by Crippen LogP contribution is -2.40. The molecular formula is C23H19FN6O6. The number of hydrogen-bond donors (Lipinski definition) is 1. The molecule has 1 N–H and O–H groups in total. The van der Waals surface area contributed by atoms with Gasteiger partial charge < -0.3 is 19.3 Å². The lowest BCUT2D eigenvalue weighted by Gasteiger charge is -2.18. The first-order chi connectivity index (χ1) is 17.4. The first-order valence-corrected chi connectivity index (χ1v) is 10.9. The van der Waals surface area contributed by atoms with Crippen LogP contribution in [0.1, 0.15) is 12.3 Å². The molecule has 4 aromatic rings. The van der Waals surface area contributed by atoms with E-state index < -0.39 is 17.1 Å². The lowest BCUT2D eigenvalue weighted by molar-refractivity contribution is -0.116. The fourth-order valence-corrected chi connectivity index (χ4v) is 3.48. The van der Waals surface area contributed by atoms with Crippen molar-refractivity contribution in [2.45, 2.75) is 12.8 Å². The Morgan fingerprint density at radius 1 is 1.08 bits per heavy atom. The minimum atomic E-state index is -0.734. The molecule has 13 heteroatoms. The number of ether oxygens (including phenoxy) is 2. The monoisotopic (exact) mass is 494 g/mol. The molecule has 0 aliphatic carbocycles. The minimum Gasteiger partial charge on any atom is -0.486 e. The van der Waals surface area contributed by atoms with Crippen LogP contribution in [0, 0.1) is 5.82 Å². The largest absolute Gasteiger partial charge is 0.486 e. The van der Waals surface area contributed by atoms with E-state index in [4.69, 9.17) is 14.0 Å². The maximum atomic E-state index is 13.3. The zero-order chi connectivity index (χ0) is 25.2. The van der Waals surface area contributed by atoms with Gasteiger partial charge in [-0.15, -0.1) is 0 Å². The summed E-state index contributed by atoms with van der Waals surface area (Å²) in [7, 11) is 1.28. The van der Waals surface area contributed by atoms with Crippen molar-refractivity contribution in [3.8, 4) is 28.7 Å². The molecule has 12 nitrogen and oxygen atoms in total. The fourth-order valence-electron chi connectivity index (χ4n) is 3.48. The van der Waals surface area contributed by atoms with E-state index >= 15 is 0 Å². The van der Waals surface area contributed by atoms with Gasteiger partial charge in [-0.25, -0.2) is 9.18 Å². The maximum Gasteiger partial charge on any atom is 0.351 e. The van der Waals surface area contributed by atoms with Gasteiger partial charge in [0.2, 0.25) is 17.6 Å². The molecule has 0 atom stereocenters. The minimum absolute atomic E-state index is 0.0244. The third-order valence-electron chi connectivity index (χ3n) is 5.32. The van der Waals surface area contributed by atoms with E-state index in [2.05, 4.69) is 20.6 Å². The standard InChI is InChI=1S/C23H19FN6O6/c1-29-22(32)20(27-30(23(29)33)15-5-2-13(24)3-6-15)21-26-19(36-28-21)9-8-18(31)25-14-4-7-16-17(12-14)35-11-10-34-16/h2-7,12H,8-11H2,1H3,(H,25,31). The molecule has 0 bridgehead atoms. The summed E-state index contributed by atoms with van der Waals surface area (Å²) in [6, 6.07) is 10.1. The number of halogens is 1. The molecule has 0 spiro atoms. The Morgan fingerprint density at radius 3 is 2.61 bits per heavy atom. The van der Waals surface area contributed by atoms with Gasteiger partial charge in [0.15, 0.2) is 17.2 Å². The number of nitrogens with zero attached hydrogens (tertiary/aromatic N) is 5. The summed E-state index contributed by atoms with van der Waals surface area (Å²) in [6.45, 7) is 0.906. The number of aromatic nitrogens is 5. The summed E-state index contributed by atoms with van der Waals surface area (Å²) in [6.07, 6.45) is 0.123. The van der Waals surface area contributed by atoms with Crippen molar-refractivity contribution in [3.63, 3.8) is 0 Å². The summed E-state index contributed by atoms with van der Waals surface area (Å²) >= 11 is 0. The van der Waals surface area contributed by atoms with Gasteiger partial charge in [-0.05, 0) is 36.4 Å². The number of nitrogens with one attached hydrogen (secondary N) is 1. The van der Waals surface area contributed by atoms with Crippen molar-refractivity contribution in [2.75, 3.05) is 18.5 Å². The average Bonchev–Trinajstić information content (AvgIpc) is 3.36. The second-order valence-electron chi connectivity index (χ2n) is 7.80. The summed E-state index contributed by atoms with van der Waals surface area (Å²) in [5.74, 6) is 0.335. The average molecular weight is 494 g/mol. The molecule has 1 aliphatic heterocycles. The Labute approximate surface area is 201 Å². The zero-order valence-electron chi connectivity index (χ0n) is 18.9. The van der Waals surface area contributed by atoms with Crippen molar-refractivity contribution >= 4 is 11.6 Å². The molecule has 0 unspecified atom stereocenters. The highest BCUT2D eigenvalue weighted by Gasteiger charge is 2.20. The Morgan fingerprint density at radius 2 is 1.83 bits per heavy atom. The summed E-state index contributed by atoms with van der Waals surface area (Å²) in [4.78, 5) is 41.7. The Kier molecular flexibility index (Phi) is 6.02. The zero-order valence-corrected chi connectivity index (χ0v) is 18.9. The van der Waals surface area contributed by atoms with Gasteiger partial charge in [0.25, 0.3) is 5.56 Å². The second kappa shape index (κ2) is 9.44. The summed E-state index contributed by atoms with van der Waals surface area (Å²) in [5.41, 5.74) is -0.905. The molecule has 1 amide bonds. The first-order valence-electron chi connectivity index (χ1n) is 10.9. The van der Waals surface area contributed by atoms with Crippen molar-refractivity contribution < 1.29 is 23.2 Å². The number of hydrogen-bond acceptors (Lipinski definition) is 9. The van der Waals surface area contributed by atoms with E-state index in [1.54, 1.807) is 18.2 Å². The van der Waals surface area contributed by atoms with E-state index in [0.717, 1.165) is 21.4 Å². The lowest BCUT2D eigenvalue weighted by atomic mass is 10.2. The van der Waals surface area contributed by atoms with Crippen LogP contribution in [0.25, 0.3) is 17.2 Å². The van der Waals surface area contributed by atoms with E-state index in [1.165, 1.54) is 19.2 Å². The highest BCUT2D eigenvalue weighted by atomic mass is 19.1. The van der Waals surface area contributed by atoms with E-state index in [-0.39, 0.29) is 41.8 Å². The number of carbonyl (C=O) groups excluding carboxylic acids is 1. The van der Waals surface area contributed by atoms with Crippen molar-refractivity contribution in [1.29, 1.82) is 0 Å². The predicted octanol–water partition coefficient (Wildman–Crippen LogP) is 1.46. The quantitative estimate of drug-likeness (QED) is 0.421. The van der Waals surface area contributed by atoms with Crippen LogP contribution in [0.5, 0.6) is 11.5 Å². The predicted molar refractivity (Wildman–Crippen MR) is 123 cm³/mol. The topological polar surface area (TPSA) is 143 Å². The van der Waals surface area contributed by atoms with Gasteiger partial charge in [-0.3, -0.25) is 14.2 Å². The summed E-state index contributed by atoms with van der Waals surface area (Å²) in [5, 5.41) is 10.6. The van der Waals surface area contributed by atoms with Gasteiger partial charge in [-0.1, -0.05) is 5.16 Å². The van der Waals surface area contributed by atoms with Crippen LogP contribution < -0.4 is 26.0 Å². The number of amides is 1. The highest BCUT2D eigenvalue weighted by Crippen LogP contribution is 2.32. The van der Waals surface area contributed by atoms with E-state index in [9.17, 15) is 18.8 Å². The van der Waals surface area contributed by atoms with Gasteiger partial charge in [0, 0.05) is 31.6 Å². The van der Waals surface area contributed by atoms with Crippen LogP contribution in [-0.4, -0.2) is 43.6 Å². The molecule has 0 saturated carbocycles. The number of anilines is 1. The van der Waals surface area contributed by atoms with Crippen LogP contribution in [-0.2, 0) is 18.3 Å². The van der Waals surface area contributed by atoms with Crippen molar-refractivity contribution in [3.05, 3.63) is 75.0 Å². The highest BCUT2D eigenvalue weighted by molar-refractivity contribution is 5.91. The van der Waals surface area contributed by atoms with E-state index in [1.807, 2.05) is 0 Å². The fraction of sp³-hybridized carbons (Fsp3) is 0.217. The van der Waals surface area contributed by atoms with Gasteiger partial charge in [0.1, 0.15) is 19.0 Å². The number of carbonyl (C=O) groups is 1. The molecule has 3 heterocycles. The molecule has 2 aromatic carbocycles. The maximum absolute atomic E-state index is 13.3. The Bertz CT molecular complexity index is 1560. The van der Waals surface area contributed by atoms with Crippen LogP contribution in [0.15, 0.2) is 56.6 Å². The smallest absolute Gasteiger partial charge is 0.351 e. The number of benzene rings is 2. The Balaban J connectivity index is 1.30. The normalized spacial score (nSPS) is 12.4. The molecule has 1 aliphatic rings. The van der Waals surface area contributed by atoms with E-state index in [0.29, 0.717) is 30.4 Å². The number of rotatable bonds is 6. The molecule has 5 rings (SSSR count). The molecular weight excluding hydrogens is 475 g/mol. The SMILES string of the molecule is Cn1c(=O)c(-c2noc(CCC(=O)Nc3ccc4c(c3)OCCO4)n2)nn(-c2ccc(F)cc2)c1=O. The van der Waals surface area contributed by atoms with Crippen LogP contribution in [0.2, 0.25) is 0 Å². The molecule has 184 valence electrons. The first kappa shape index (κ1) is 23.0. The third kappa shape index (κ3) is 4.58. The van der Waals surface area contributed by atoms with Gasteiger partial charge in [0.05, 0.1) is 5.69 Å². The van der Waals surface area contributed by atoms with Gasteiger partial charge >= 0.3 is 5.69 Å². The van der Waals surface area contributed by atoms with Gasteiger partial charge in [-0.2, -0.15) is 14.8 Å².